The van der Waals surface area contributed by atoms with Crippen LogP contribution in [0.4, 0.5) is 4.39 Å². The van der Waals surface area contributed by atoms with Crippen molar-refractivity contribution in [2.75, 3.05) is 20.8 Å². The molecule has 1 amide bonds. The zero-order valence-electron chi connectivity index (χ0n) is 17.5. The van der Waals surface area contributed by atoms with Crippen molar-refractivity contribution >= 4 is 40.3 Å². The van der Waals surface area contributed by atoms with Crippen LogP contribution >= 0.6 is 24.0 Å². The number of nitrogens with zero attached hydrogens (tertiary/aromatic N) is 1. The zero-order chi connectivity index (χ0) is 22.7. The number of benzene rings is 2. The Morgan fingerprint density at radius 2 is 1.91 bits per heavy atom. The minimum atomic E-state index is -0.337. The van der Waals surface area contributed by atoms with E-state index in [0.717, 1.165) is 5.56 Å². The molecule has 0 saturated carbocycles. The van der Waals surface area contributed by atoms with Crippen molar-refractivity contribution in [1.29, 1.82) is 0 Å². The van der Waals surface area contributed by atoms with Crippen LogP contribution in [0.2, 0.25) is 0 Å². The second-order valence-electron chi connectivity index (χ2n) is 6.99. The molecule has 5 nitrogen and oxygen atoms in total. The number of thioether (sulfide) groups is 1. The summed E-state index contributed by atoms with van der Waals surface area (Å²) in [5.41, 5.74) is 1.64. The van der Waals surface area contributed by atoms with Crippen LogP contribution < -0.4 is 9.47 Å². The largest absolute Gasteiger partial charge is 0.493 e. The lowest BCUT2D eigenvalue weighted by molar-refractivity contribution is -0.122. The molecule has 1 fully saturated rings. The molecule has 164 valence electrons. The van der Waals surface area contributed by atoms with Gasteiger partial charge in [0.1, 0.15) is 21.7 Å². The molecule has 3 aromatic rings. The fourth-order valence-corrected chi connectivity index (χ4v) is 4.61. The van der Waals surface area contributed by atoms with Crippen LogP contribution in [-0.4, -0.2) is 35.9 Å². The zero-order valence-corrected chi connectivity index (χ0v) is 19.1. The molecule has 8 heteroatoms. The molecule has 0 bridgehead atoms. The van der Waals surface area contributed by atoms with E-state index in [4.69, 9.17) is 26.1 Å². The second kappa shape index (κ2) is 9.58. The van der Waals surface area contributed by atoms with Gasteiger partial charge in [-0.15, -0.1) is 0 Å². The highest BCUT2D eigenvalue weighted by molar-refractivity contribution is 8.26. The Kier molecular flexibility index (Phi) is 6.62. The summed E-state index contributed by atoms with van der Waals surface area (Å²) in [6.45, 7) is 0.449. The van der Waals surface area contributed by atoms with E-state index in [0.29, 0.717) is 50.8 Å². The molecule has 0 aliphatic carbocycles. The number of halogens is 1. The summed E-state index contributed by atoms with van der Waals surface area (Å²) in [7, 11) is 3.17. The van der Waals surface area contributed by atoms with E-state index in [-0.39, 0.29) is 11.7 Å². The van der Waals surface area contributed by atoms with Crippen LogP contribution in [0.1, 0.15) is 11.3 Å². The number of hydrogen-bond acceptors (Lipinski definition) is 6. The van der Waals surface area contributed by atoms with Crippen LogP contribution in [-0.2, 0) is 11.2 Å². The Labute approximate surface area is 194 Å². The standard InChI is InChI=1S/C24H20FNO4S2/c1-28-20-8-6-15(12-21(20)29-2)10-11-26-23(27)22(32-24(26)31)14-18-7-9-19(30-18)16-4-3-5-17(25)13-16/h3-9,12-14H,10-11H2,1-2H3/b22-14+. The van der Waals surface area contributed by atoms with Crippen LogP contribution in [0.25, 0.3) is 17.4 Å². The number of carbonyl (C=O) groups is 1. The van der Waals surface area contributed by atoms with Crippen LogP contribution in [0.3, 0.4) is 0 Å². The maximum Gasteiger partial charge on any atom is 0.266 e. The maximum atomic E-state index is 13.5. The molecular weight excluding hydrogens is 449 g/mol. The minimum absolute atomic E-state index is 0.163. The fraction of sp³-hybridized carbons (Fsp3) is 0.167. The van der Waals surface area contributed by atoms with E-state index in [1.807, 2.05) is 18.2 Å². The van der Waals surface area contributed by atoms with Gasteiger partial charge in [-0.3, -0.25) is 9.69 Å². The first kappa shape index (κ1) is 22.1. The molecule has 0 atom stereocenters. The molecule has 32 heavy (non-hydrogen) atoms. The van der Waals surface area contributed by atoms with Gasteiger partial charge in [0, 0.05) is 18.2 Å². The van der Waals surface area contributed by atoms with Gasteiger partial charge < -0.3 is 13.9 Å². The first-order chi connectivity index (χ1) is 15.5. The smallest absolute Gasteiger partial charge is 0.266 e. The third kappa shape index (κ3) is 4.71. The predicted molar refractivity (Wildman–Crippen MR) is 127 cm³/mol. The number of furan rings is 1. The van der Waals surface area contributed by atoms with Gasteiger partial charge in [-0.1, -0.05) is 42.2 Å². The number of hydrogen-bond donors (Lipinski definition) is 0. The van der Waals surface area contributed by atoms with Gasteiger partial charge in [0.25, 0.3) is 5.91 Å². The number of ether oxygens (including phenoxy) is 2. The first-order valence-electron chi connectivity index (χ1n) is 9.80. The summed E-state index contributed by atoms with van der Waals surface area (Å²) in [4.78, 5) is 15.0. The van der Waals surface area contributed by atoms with Gasteiger partial charge in [-0.05, 0) is 48.4 Å². The van der Waals surface area contributed by atoms with Crippen LogP contribution in [0.5, 0.6) is 11.5 Å². The SMILES string of the molecule is COc1ccc(CCN2C(=O)/C(=C\c3ccc(-c4cccc(F)c4)o3)SC2=S)cc1OC. The summed E-state index contributed by atoms with van der Waals surface area (Å²) < 4.78 is 30.4. The van der Waals surface area contributed by atoms with Gasteiger partial charge in [-0.25, -0.2) is 4.39 Å². The lowest BCUT2D eigenvalue weighted by Gasteiger charge is -2.15. The van der Waals surface area contributed by atoms with E-state index in [9.17, 15) is 9.18 Å². The maximum absolute atomic E-state index is 13.5. The van der Waals surface area contributed by atoms with E-state index in [1.165, 1.54) is 23.9 Å². The van der Waals surface area contributed by atoms with Crippen molar-refractivity contribution in [2.45, 2.75) is 6.42 Å². The lowest BCUT2D eigenvalue weighted by Crippen LogP contribution is -2.30. The molecule has 0 N–H and O–H groups in total. The Balaban J connectivity index is 1.45. The molecule has 2 aromatic carbocycles. The quantitative estimate of drug-likeness (QED) is 0.334. The molecule has 0 spiro atoms. The third-order valence-electron chi connectivity index (χ3n) is 4.95. The van der Waals surface area contributed by atoms with Crippen molar-refractivity contribution in [1.82, 2.24) is 4.90 Å². The first-order valence-corrected chi connectivity index (χ1v) is 11.0. The summed E-state index contributed by atoms with van der Waals surface area (Å²) >= 11 is 6.66. The summed E-state index contributed by atoms with van der Waals surface area (Å²) in [6.07, 6.45) is 2.28. The Hall–Kier alpha value is -3.10. The van der Waals surface area contributed by atoms with Gasteiger partial charge >= 0.3 is 0 Å². The van der Waals surface area contributed by atoms with E-state index >= 15 is 0 Å². The summed E-state index contributed by atoms with van der Waals surface area (Å²) in [6, 6.07) is 15.3. The Bertz CT molecular complexity index is 1200. The number of amides is 1. The summed E-state index contributed by atoms with van der Waals surface area (Å²) in [5, 5.41) is 0. The minimum Gasteiger partial charge on any atom is -0.493 e. The van der Waals surface area contributed by atoms with E-state index in [2.05, 4.69) is 0 Å². The highest BCUT2D eigenvalue weighted by Gasteiger charge is 2.32. The average molecular weight is 470 g/mol. The highest BCUT2D eigenvalue weighted by atomic mass is 32.2. The molecule has 0 unspecified atom stereocenters. The molecule has 2 heterocycles. The second-order valence-corrected chi connectivity index (χ2v) is 8.66. The van der Waals surface area contributed by atoms with Gasteiger partial charge in [-0.2, -0.15) is 0 Å². The Morgan fingerprint density at radius 3 is 2.66 bits per heavy atom. The Morgan fingerprint density at radius 1 is 1.09 bits per heavy atom. The van der Waals surface area contributed by atoms with Crippen LogP contribution in [0, 0.1) is 5.82 Å². The van der Waals surface area contributed by atoms with Crippen molar-refractivity contribution in [3.8, 4) is 22.8 Å². The molecular formula is C24H20FNO4S2. The van der Waals surface area contributed by atoms with Crippen LogP contribution in [0.15, 0.2) is 63.9 Å². The molecule has 1 aliphatic heterocycles. The molecule has 0 radical (unpaired) electrons. The van der Waals surface area contributed by atoms with Crippen molar-refractivity contribution in [3.63, 3.8) is 0 Å². The van der Waals surface area contributed by atoms with E-state index in [1.54, 1.807) is 49.5 Å². The molecule has 4 rings (SSSR count). The van der Waals surface area contributed by atoms with Crippen molar-refractivity contribution in [3.05, 3.63) is 76.6 Å². The highest BCUT2D eigenvalue weighted by Crippen LogP contribution is 2.34. The summed E-state index contributed by atoms with van der Waals surface area (Å²) in [5.74, 6) is 1.83. The number of thiocarbonyl (C=S) groups is 1. The normalized spacial score (nSPS) is 15.0. The monoisotopic (exact) mass is 469 g/mol. The molecule has 1 aromatic heterocycles. The number of rotatable bonds is 7. The van der Waals surface area contributed by atoms with E-state index < -0.39 is 0 Å². The third-order valence-corrected chi connectivity index (χ3v) is 6.33. The van der Waals surface area contributed by atoms with Gasteiger partial charge in [0.15, 0.2) is 11.5 Å². The topological polar surface area (TPSA) is 51.9 Å². The number of carbonyl (C=O) groups excluding carboxylic acids is 1. The molecule has 1 saturated heterocycles. The predicted octanol–water partition coefficient (Wildman–Crippen LogP) is 5.55. The fourth-order valence-electron chi connectivity index (χ4n) is 3.33. The van der Waals surface area contributed by atoms with Gasteiger partial charge in [0.2, 0.25) is 0 Å². The molecule has 1 aliphatic rings. The van der Waals surface area contributed by atoms with Crippen molar-refractivity contribution in [2.24, 2.45) is 0 Å². The van der Waals surface area contributed by atoms with Gasteiger partial charge in [0.05, 0.1) is 19.1 Å². The number of methoxy groups -OCH3 is 2. The van der Waals surface area contributed by atoms with Crippen molar-refractivity contribution < 1.29 is 23.1 Å². The lowest BCUT2D eigenvalue weighted by atomic mass is 10.1. The average Bonchev–Trinajstić information content (AvgIpc) is 3.36.